The number of furan rings is 1. The Morgan fingerprint density at radius 1 is 1.40 bits per heavy atom. The van der Waals surface area contributed by atoms with Crippen LogP contribution >= 0.6 is 0 Å². The third-order valence-electron chi connectivity index (χ3n) is 5.71. The van der Waals surface area contributed by atoms with Crippen LogP contribution in [0.4, 0.5) is 0 Å². The van der Waals surface area contributed by atoms with E-state index in [1.165, 1.54) is 12.8 Å². The second kappa shape index (κ2) is 8.23. The molecule has 0 amide bonds. The Bertz CT molecular complexity index is 548. The van der Waals surface area contributed by atoms with Crippen LogP contribution in [0.2, 0.25) is 0 Å². The van der Waals surface area contributed by atoms with Crippen molar-refractivity contribution in [2.75, 3.05) is 53.0 Å². The van der Waals surface area contributed by atoms with Crippen molar-refractivity contribution in [2.45, 2.75) is 32.7 Å². The highest BCUT2D eigenvalue weighted by Gasteiger charge is 2.42. The summed E-state index contributed by atoms with van der Waals surface area (Å²) in [5.74, 6) is 2.00. The molecule has 0 bridgehead atoms. The van der Waals surface area contributed by atoms with Gasteiger partial charge in [-0.15, -0.1) is 0 Å². The number of aliphatic imine (C=N–C) groups is 1. The van der Waals surface area contributed by atoms with Gasteiger partial charge in [0, 0.05) is 38.7 Å². The lowest BCUT2D eigenvalue weighted by atomic mass is 9.87. The van der Waals surface area contributed by atoms with Gasteiger partial charge in [0.15, 0.2) is 5.96 Å². The van der Waals surface area contributed by atoms with Gasteiger partial charge in [0.1, 0.15) is 5.76 Å². The molecule has 0 aromatic carbocycles. The van der Waals surface area contributed by atoms with E-state index in [2.05, 4.69) is 40.0 Å². The normalized spacial score (nSPS) is 25.3. The maximum Gasteiger partial charge on any atom is 0.193 e. The summed E-state index contributed by atoms with van der Waals surface area (Å²) in [6.45, 7) is 11.1. The first kappa shape index (κ1) is 18.3. The zero-order chi connectivity index (χ0) is 17.7. The van der Waals surface area contributed by atoms with Gasteiger partial charge in [0.05, 0.1) is 18.9 Å². The van der Waals surface area contributed by atoms with E-state index in [0.717, 1.165) is 57.7 Å². The lowest BCUT2D eigenvalue weighted by Crippen LogP contribution is -2.45. The van der Waals surface area contributed by atoms with Gasteiger partial charge in [0.25, 0.3) is 0 Å². The number of nitrogens with one attached hydrogen (secondary N) is 1. The molecular weight excluding hydrogens is 316 g/mol. The van der Waals surface area contributed by atoms with Crippen LogP contribution in [0.25, 0.3) is 0 Å². The average molecular weight is 348 g/mol. The topological polar surface area (TPSA) is 53.2 Å². The van der Waals surface area contributed by atoms with Crippen LogP contribution in [0.1, 0.15) is 38.5 Å². The second-order valence-electron chi connectivity index (χ2n) is 7.15. The van der Waals surface area contributed by atoms with Gasteiger partial charge < -0.3 is 19.4 Å². The smallest absolute Gasteiger partial charge is 0.193 e. The third kappa shape index (κ3) is 4.01. The van der Waals surface area contributed by atoms with Crippen molar-refractivity contribution in [3.8, 4) is 0 Å². The number of rotatable bonds is 6. The maximum absolute atomic E-state index is 5.70. The van der Waals surface area contributed by atoms with Gasteiger partial charge in [-0.2, -0.15) is 0 Å². The summed E-state index contributed by atoms with van der Waals surface area (Å²) in [5.41, 5.74) is 0.344. The molecule has 1 spiro atoms. The molecular formula is C19H32N4O2. The van der Waals surface area contributed by atoms with Crippen LogP contribution in [0, 0.1) is 5.41 Å². The van der Waals surface area contributed by atoms with Crippen molar-refractivity contribution in [1.29, 1.82) is 0 Å². The van der Waals surface area contributed by atoms with E-state index < -0.39 is 0 Å². The molecule has 6 nitrogen and oxygen atoms in total. The molecule has 0 aliphatic carbocycles. The molecule has 2 atom stereocenters. The summed E-state index contributed by atoms with van der Waals surface area (Å²) < 4.78 is 11.3. The minimum atomic E-state index is 0.216. The molecule has 25 heavy (non-hydrogen) atoms. The fourth-order valence-corrected chi connectivity index (χ4v) is 4.16. The molecule has 6 heteroatoms. The Balaban J connectivity index is 1.63. The Labute approximate surface area is 151 Å². The number of guanidine groups is 1. The van der Waals surface area contributed by atoms with Crippen LogP contribution < -0.4 is 5.32 Å². The quantitative estimate of drug-likeness (QED) is 0.632. The van der Waals surface area contributed by atoms with Crippen LogP contribution in [0.3, 0.4) is 0 Å². The van der Waals surface area contributed by atoms with E-state index in [4.69, 9.17) is 9.15 Å². The number of likely N-dealkylation sites (N-methyl/N-ethyl adjacent to an activating group) is 1. The number of hydrogen-bond donors (Lipinski definition) is 1. The molecule has 3 heterocycles. The lowest BCUT2D eigenvalue weighted by molar-refractivity contribution is 0.156. The first-order chi connectivity index (χ1) is 12.2. The molecule has 2 aliphatic rings. The zero-order valence-corrected chi connectivity index (χ0v) is 15.8. The fraction of sp³-hybridized carbons (Fsp3) is 0.737. The summed E-state index contributed by atoms with van der Waals surface area (Å²) in [5, 5.41) is 3.59. The van der Waals surface area contributed by atoms with Gasteiger partial charge >= 0.3 is 0 Å². The zero-order valence-electron chi connectivity index (χ0n) is 15.8. The maximum atomic E-state index is 5.70. The van der Waals surface area contributed by atoms with Crippen molar-refractivity contribution < 1.29 is 9.15 Å². The minimum absolute atomic E-state index is 0.216. The van der Waals surface area contributed by atoms with Gasteiger partial charge in [-0.1, -0.05) is 13.8 Å². The van der Waals surface area contributed by atoms with Crippen LogP contribution in [-0.4, -0.2) is 68.7 Å². The molecule has 2 unspecified atom stereocenters. The fourth-order valence-electron chi connectivity index (χ4n) is 4.16. The average Bonchev–Trinajstić information content (AvgIpc) is 3.38. The Kier molecular flexibility index (Phi) is 6.02. The highest BCUT2D eigenvalue weighted by atomic mass is 16.5. The predicted octanol–water partition coefficient (Wildman–Crippen LogP) is 2.35. The highest BCUT2D eigenvalue weighted by molar-refractivity contribution is 5.80. The van der Waals surface area contributed by atoms with Crippen molar-refractivity contribution >= 4 is 5.96 Å². The lowest BCUT2D eigenvalue weighted by Gasteiger charge is -2.30. The molecule has 1 N–H and O–H groups in total. The van der Waals surface area contributed by atoms with E-state index in [1.54, 1.807) is 6.26 Å². The number of nitrogens with zero attached hydrogens (tertiary/aromatic N) is 3. The number of ether oxygens (including phenoxy) is 1. The van der Waals surface area contributed by atoms with E-state index in [9.17, 15) is 0 Å². The van der Waals surface area contributed by atoms with E-state index in [0.29, 0.717) is 5.41 Å². The summed E-state index contributed by atoms with van der Waals surface area (Å²) in [6.07, 6.45) is 4.13. The van der Waals surface area contributed by atoms with Crippen LogP contribution in [0.5, 0.6) is 0 Å². The monoisotopic (exact) mass is 348 g/mol. The molecule has 2 fully saturated rings. The van der Waals surface area contributed by atoms with E-state index in [1.807, 2.05) is 13.1 Å². The highest BCUT2D eigenvalue weighted by Crippen LogP contribution is 2.38. The van der Waals surface area contributed by atoms with Gasteiger partial charge in [-0.3, -0.25) is 9.89 Å². The minimum Gasteiger partial charge on any atom is -0.468 e. The summed E-state index contributed by atoms with van der Waals surface area (Å²) >= 11 is 0. The van der Waals surface area contributed by atoms with Crippen molar-refractivity contribution in [3.63, 3.8) is 0 Å². The molecule has 140 valence electrons. The molecule has 2 saturated heterocycles. The molecule has 1 aromatic heterocycles. The molecule has 0 radical (unpaired) electrons. The first-order valence-electron chi connectivity index (χ1n) is 9.52. The van der Waals surface area contributed by atoms with E-state index >= 15 is 0 Å². The van der Waals surface area contributed by atoms with Crippen molar-refractivity contribution in [3.05, 3.63) is 24.2 Å². The summed E-state index contributed by atoms with van der Waals surface area (Å²) in [7, 11) is 1.87. The van der Waals surface area contributed by atoms with Gasteiger partial charge in [-0.25, -0.2) is 0 Å². The molecule has 0 saturated carbocycles. The Morgan fingerprint density at radius 3 is 2.84 bits per heavy atom. The SMILES string of the molecule is CCN(CC)C(CNC(=NC)N1CCC2(CCOC2)C1)c1ccco1. The standard InChI is InChI=1S/C19H32N4O2/c1-4-22(5-2)16(17-7-6-11-25-17)13-21-18(20-3)23-10-8-19(14-23)9-12-24-15-19/h6-7,11,16H,4-5,8-10,12-15H2,1-3H3,(H,20,21). The molecule has 2 aliphatic heterocycles. The van der Waals surface area contributed by atoms with Crippen LogP contribution in [-0.2, 0) is 4.74 Å². The second-order valence-corrected chi connectivity index (χ2v) is 7.15. The third-order valence-corrected chi connectivity index (χ3v) is 5.71. The van der Waals surface area contributed by atoms with E-state index in [-0.39, 0.29) is 6.04 Å². The van der Waals surface area contributed by atoms with Crippen LogP contribution in [0.15, 0.2) is 27.8 Å². The largest absolute Gasteiger partial charge is 0.468 e. The number of hydrogen-bond acceptors (Lipinski definition) is 4. The first-order valence-corrected chi connectivity index (χ1v) is 9.52. The summed E-state index contributed by atoms with van der Waals surface area (Å²) in [6, 6.07) is 4.24. The van der Waals surface area contributed by atoms with Gasteiger partial charge in [-0.05, 0) is 38.1 Å². The molecule has 1 aromatic rings. The Hall–Kier alpha value is -1.53. The predicted molar refractivity (Wildman–Crippen MR) is 99.8 cm³/mol. The van der Waals surface area contributed by atoms with Gasteiger partial charge in [0.2, 0.25) is 0 Å². The van der Waals surface area contributed by atoms with Crippen molar-refractivity contribution in [1.82, 2.24) is 15.1 Å². The molecule has 3 rings (SSSR count). The Morgan fingerprint density at radius 2 is 2.24 bits per heavy atom. The number of likely N-dealkylation sites (tertiary alicyclic amines) is 1. The van der Waals surface area contributed by atoms with Crippen molar-refractivity contribution in [2.24, 2.45) is 10.4 Å². The summed E-state index contributed by atoms with van der Waals surface area (Å²) in [4.78, 5) is 9.33.